The first-order chi connectivity index (χ1) is 12.5. The maximum atomic E-state index is 12.8. The summed E-state index contributed by atoms with van der Waals surface area (Å²) in [7, 11) is 1.37. The fourth-order valence-corrected chi connectivity index (χ4v) is 4.67. The number of benzene rings is 1. The van der Waals surface area contributed by atoms with Gasteiger partial charge in [0.1, 0.15) is 5.41 Å². The van der Waals surface area contributed by atoms with E-state index in [0.717, 1.165) is 12.0 Å². The zero-order valence-corrected chi connectivity index (χ0v) is 15.9. The summed E-state index contributed by atoms with van der Waals surface area (Å²) >= 11 is 0. The van der Waals surface area contributed by atoms with Gasteiger partial charge >= 0.3 is 5.97 Å². The van der Waals surface area contributed by atoms with Crippen molar-refractivity contribution in [1.29, 1.82) is 0 Å². The molecule has 0 radical (unpaired) electrons. The average Bonchev–Trinajstić information content (AvgIpc) is 2.90. The fourth-order valence-electron chi connectivity index (χ4n) is 4.67. The second-order valence-electron chi connectivity index (χ2n) is 7.66. The standard InChI is InChI=1S/C22H28O4/c1-15(2)18-13-22(21(24)25-3)19(17(18)9-10-20(22)23)11-12-26-14-16-7-5-4-6-8-16/h4-8,13,15,17,19H,9-12,14H2,1-3H3. The number of carbonyl (C=O) groups excluding carboxylic acids is 2. The van der Waals surface area contributed by atoms with Gasteiger partial charge in [0.2, 0.25) is 0 Å². The minimum Gasteiger partial charge on any atom is -0.468 e. The van der Waals surface area contributed by atoms with Crippen LogP contribution in [0.2, 0.25) is 0 Å². The number of Topliss-reactive ketones (excluding diaryl/α,β-unsaturated/α-hetero) is 1. The molecule has 26 heavy (non-hydrogen) atoms. The Hall–Kier alpha value is -1.94. The molecule has 4 nitrogen and oxygen atoms in total. The first-order valence-corrected chi connectivity index (χ1v) is 9.46. The maximum absolute atomic E-state index is 12.8. The predicted octanol–water partition coefficient (Wildman–Crippen LogP) is 3.94. The molecule has 4 heteroatoms. The third kappa shape index (κ3) is 3.23. The summed E-state index contributed by atoms with van der Waals surface area (Å²) in [5.41, 5.74) is 1.25. The van der Waals surface area contributed by atoms with E-state index in [0.29, 0.717) is 32.0 Å². The van der Waals surface area contributed by atoms with Gasteiger partial charge in [-0.05, 0) is 36.2 Å². The normalized spacial score (nSPS) is 27.5. The summed E-state index contributed by atoms with van der Waals surface area (Å²) in [4.78, 5) is 25.5. The molecule has 3 atom stereocenters. The largest absolute Gasteiger partial charge is 0.468 e. The molecule has 140 valence electrons. The van der Waals surface area contributed by atoms with Gasteiger partial charge in [0.25, 0.3) is 0 Å². The highest BCUT2D eigenvalue weighted by Gasteiger charge is 2.60. The number of esters is 1. The Labute approximate surface area is 155 Å². The highest BCUT2D eigenvalue weighted by atomic mass is 16.5. The molecule has 0 amide bonds. The first-order valence-electron chi connectivity index (χ1n) is 9.46. The quantitative estimate of drug-likeness (QED) is 0.321. The van der Waals surface area contributed by atoms with E-state index in [1.54, 1.807) is 0 Å². The summed E-state index contributed by atoms with van der Waals surface area (Å²) in [6, 6.07) is 10.0. The van der Waals surface area contributed by atoms with Crippen LogP contribution in [0.4, 0.5) is 0 Å². The van der Waals surface area contributed by atoms with Crippen LogP contribution >= 0.6 is 0 Å². The monoisotopic (exact) mass is 356 g/mol. The number of fused-ring (bicyclic) bond motifs is 2. The van der Waals surface area contributed by atoms with Gasteiger partial charge in [0, 0.05) is 13.0 Å². The number of hydrogen-bond acceptors (Lipinski definition) is 4. The second kappa shape index (κ2) is 7.75. The molecule has 2 aliphatic carbocycles. The molecule has 0 aliphatic heterocycles. The van der Waals surface area contributed by atoms with E-state index in [4.69, 9.17) is 9.47 Å². The molecule has 1 aromatic rings. The molecule has 0 N–H and O–H groups in total. The maximum Gasteiger partial charge on any atom is 0.323 e. The van der Waals surface area contributed by atoms with Crippen LogP contribution < -0.4 is 0 Å². The van der Waals surface area contributed by atoms with Crippen LogP contribution in [-0.4, -0.2) is 25.5 Å². The second-order valence-corrected chi connectivity index (χ2v) is 7.66. The van der Waals surface area contributed by atoms with E-state index in [-0.39, 0.29) is 17.6 Å². The van der Waals surface area contributed by atoms with Crippen molar-refractivity contribution < 1.29 is 19.1 Å². The third-order valence-electron chi connectivity index (χ3n) is 5.91. The molecule has 0 saturated heterocycles. The van der Waals surface area contributed by atoms with Gasteiger partial charge in [-0.1, -0.05) is 55.8 Å². The predicted molar refractivity (Wildman–Crippen MR) is 99.3 cm³/mol. The van der Waals surface area contributed by atoms with E-state index in [2.05, 4.69) is 13.8 Å². The van der Waals surface area contributed by atoms with Crippen LogP contribution in [0.1, 0.15) is 38.7 Å². The number of rotatable bonds is 7. The fraction of sp³-hybridized carbons (Fsp3) is 0.545. The van der Waals surface area contributed by atoms with Crippen LogP contribution in [0.5, 0.6) is 0 Å². The van der Waals surface area contributed by atoms with E-state index in [1.165, 1.54) is 12.7 Å². The van der Waals surface area contributed by atoms with E-state index in [9.17, 15) is 9.59 Å². The van der Waals surface area contributed by atoms with Crippen molar-refractivity contribution in [3.63, 3.8) is 0 Å². The summed E-state index contributed by atoms with van der Waals surface area (Å²) in [6.07, 6.45) is 3.90. The number of ketones is 1. The van der Waals surface area contributed by atoms with E-state index in [1.807, 2.05) is 36.4 Å². The van der Waals surface area contributed by atoms with Gasteiger partial charge in [-0.2, -0.15) is 0 Å². The van der Waals surface area contributed by atoms with E-state index < -0.39 is 11.4 Å². The molecule has 2 aliphatic rings. The van der Waals surface area contributed by atoms with Crippen molar-refractivity contribution in [1.82, 2.24) is 0 Å². The molecule has 0 heterocycles. The SMILES string of the molecule is COC(=O)C12C=C(C(C)C)C(CCC1=O)C2CCOCc1ccccc1. The molecule has 1 aromatic carbocycles. The smallest absolute Gasteiger partial charge is 0.323 e. The van der Waals surface area contributed by atoms with Gasteiger partial charge in [-0.3, -0.25) is 9.59 Å². The van der Waals surface area contributed by atoms with Crippen LogP contribution in [0.3, 0.4) is 0 Å². The van der Waals surface area contributed by atoms with Gasteiger partial charge in [-0.25, -0.2) is 0 Å². The van der Waals surface area contributed by atoms with Crippen molar-refractivity contribution in [3.05, 3.63) is 47.5 Å². The van der Waals surface area contributed by atoms with Crippen molar-refractivity contribution in [3.8, 4) is 0 Å². The first kappa shape index (κ1) is 18.8. The Morgan fingerprint density at radius 3 is 2.65 bits per heavy atom. The molecule has 1 fully saturated rings. The van der Waals surface area contributed by atoms with Gasteiger partial charge in [-0.15, -0.1) is 0 Å². The minimum absolute atomic E-state index is 0.00399. The Morgan fingerprint density at radius 1 is 1.27 bits per heavy atom. The highest BCUT2D eigenvalue weighted by molar-refractivity contribution is 6.07. The van der Waals surface area contributed by atoms with Crippen LogP contribution in [-0.2, 0) is 25.7 Å². The zero-order valence-electron chi connectivity index (χ0n) is 15.9. The molecule has 1 saturated carbocycles. The van der Waals surface area contributed by atoms with Gasteiger partial charge in [0.05, 0.1) is 13.7 Å². The molecule has 3 unspecified atom stereocenters. The number of allylic oxidation sites excluding steroid dienone is 1. The van der Waals surface area contributed by atoms with Crippen molar-refractivity contribution >= 4 is 11.8 Å². The Bertz CT molecular complexity index is 681. The van der Waals surface area contributed by atoms with Crippen LogP contribution in [0, 0.1) is 23.2 Å². The Morgan fingerprint density at radius 2 is 2.00 bits per heavy atom. The minimum atomic E-state index is -1.10. The lowest BCUT2D eigenvalue weighted by Gasteiger charge is -2.38. The highest BCUT2D eigenvalue weighted by Crippen LogP contribution is 2.56. The number of carbonyl (C=O) groups is 2. The number of ether oxygens (including phenoxy) is 2. The lowest BCUT2D eigenvalue weighted by atomic mass is 9.63. The lowest BCUT2D eigenvalue weighted by Crippen LogP contribution is -2.48. The summed E-state index contributed by atoms with van der Waals surface area (Å²) in [5, 5.41) is 0. The molecular weight excluding hydrogens is 328 g/mol. The molecular formula is C22H28O4. The molecule has 2 bridgehead atoms. The van der Waals surface area contributed by atoms with Gasteiger partial charge < -0.3 is 9.47 Å². The average molecular weight is 356 g/mol. The Kier molecular flexibility index (Phi) is 5.61. The third-order valence-corrected chi connectivity index (χ3v) is 5.91. The van der Waals surface area contributed by atoms with Crippen LogP contribution in [0.25, 0.3) is 0 Å². The van der Waals surface area contributed by atoms with Crippen molar-refractivity contribution in [2.24, 2.45) is 23.2 Å². The summed E-state index contributed by atoms with van der Waals surface area (Å²) in [6.45, 7) is 5.33. The number of hydrogen-bond donors (Lipinski definition) is 0. The van der Waals surface area contributed by atoms with Crippen LogP contribution in [0.15, 0.2) is 42.0 Å². The van der Waals surface area contributed by atoms with Crippen molar-refractivity contribution in [2.45, 2.75) is 39.7 Å². The van der Waals surface area contributed by atoms with Crippen molar-refractivity contribution in [2.75, 3.05) is 13.7 Å². The van der Waals surface area contributed by atoms with Gasteiger partial charge in [0.15, 0.2) is 5.78 Å². The zero-order chi connectivity index (χ0) is 18.7. The summed E-state index contributed by atoms with van der Waals surface area (Å²) < 4.78 is 10.9. The molecule has 0 aromatic heterocycles. The topological polar surface area (TPSA) is 52.6 Å². The number of methoxy groups -OCH3 is 1. The molecule has 3 rings (SSSR count). The Balaban J connectivity index is 1.74. The molecule has 0 spiro atoms. The summed E-state index contributed by atoms with van der Waals surface area (Å²) in [5.74, 6) is 0.141. The lowest BCUT2D eigenvalue weighted by molar-refractivity contribution is -0.160. The van der Waals surface area contributed by atoms with E-state index >= 15 is 0 Å².